The van der Waals surface area contributed by atoms with E-state index >= 15 is 0 Å². The van der Waals surface area contributed by atoms with Crippen LogP contribution in [0.4, 0.5) is 5.69 Å². The first-order valence-electron chi connectivity index (χ1n) is 6.99. The molecule has 2 heterocycles. The van der Waals surface area contributed by atoms with Gasteiger partial charge in [0.05, 0.1) is 0 Å². The third-order valence-corrected chi connectivity index (χ3v) is 4.98. The van der Waals surface area contributed by atoms with E-state index in [0.29, 0.717) is 6.04 Å². The van der Waals surface area contributed by atoms with Gasteiger partial charge in [-0.15, -0.1) is 11.3 Å². The summed E-state index contributed by atoms with van der Waals surface area (Å²) in [6, 6.07) is 5.65. The van der Waals surface area contributed by atoms with E-state index in [1.807, 2.05) is 6.20 Å². The molecule has 1 fully saturated rings. The summed E-state index contributed by atoms with van der Waals surface area (Å²) in [6.07, 6.45) is 7.02. The zero-order valence-corrected chi connectivity index (χ0v) is 12.4. The van der Waals surface area contributed by atoms with Crippen molar-refractivity contribution in [2.75, 3.05) is 19.4 Å². The van der Waals surface area contributed by atoms with Crippen molar-refractivity contribution in [3.63, 3.8) is 0 Å². The van der Waals surface area contributed by atoms with Gasteiger partial charge in [0, 0.05) is 29.4 Å². The second kappa shape index (κ2) is 5.47. The normalized spacial score (nSPS) is 23.9. The minimum absolute atomic E-state index is 0.613. The number of aromatic nitrogens is 1. The summed E-state index contributed by atoms with van der Waals surface area (Å²) in [5.41, 5.74) is 1.25. The van der Waals surface area contributed by atoms with Crippen molar-refractivity contribution >= 4 is 27.2 Å². The fraction of sp³-hybridized carbons (Fsp3) is 0.533. The van der Waals surface area contributed by atoms with Gasteiger partial charge in [0.25, 0.3) is 0 Å². The molecule has 0 radical (unpaired) electrons. The molecule has 0 spiro atoms. The Morgan fingerprint density at radius 1 is 1.21 bits per heavy atom. The van der Waals surface area contributed by atoms with Crippen molar-refractivity contribution in [1.29, 1.82) is 0 Å². The first-order valence-corrected chi connectivity index (χ1v) is 7.87. The van der Waals surface area contributed by atoms with Gasteiger partial charge in [0.15, 0.2) is 0 Å². The fourth-order valence-corrected chi connectivity index (χ4v) is 3.72. The number of nitrogens with zero attached hydrogens (tertiary/aromatic N) is 2. The third kappa shape index (κ3) is 2.74. The molecule has 1 aliphatic rings. The van der Waals surface area contributed by atoms with Crippen molar-refractivity contribution in [3.8, 4) is 0 Å². The minimum atomic E-state index is 0.613. The maximum absolute atomic E-state index is 4.40. The van der Waals surface area contributed by atoms with Gasteiger partial charge in [-0.05, 0) is 57.3 Å². The molecule has 1 saturated carbocycles. The van der Waals surface area contributed by atoms with Crippen LogP contribution in [0.2, 0.25) is 0 Å². The Bertz CT molecular complexity index is 541. The molecule has 0 atom stereocenters. The van der Waals surface area contributed by atoms with Crippen LogP contribution in [-0.2, 0) is 0 Å². The molecule has 4 heteroatoms. The molecule has 0 bridgehead atoms. The lowest BCUT2D eigenvalue weighted by atomic mass is 9.90. The number of hydrogen-bond donors (Lipinski definition) is 1. The lowest BCUT2D eigenvalue weighted by molar-refractivity contribution is 0.221. The van der Waals surface area contributed by atoms with Crippen LogP contribution < -0.4 is 5.32 Å². The van der Waals surface area contributed by atoms with Gasteiger partial charge < -0.3 is 10.2 Å². The van der Waals surface area contributed by atoms with Crippen LogP contribution in [0.3, 0.4) is 0 Å². The molecule has 0 saturated heterocycles. The van der Waals surface area contributed by atoms with Crippen molar-refractivity contribution in [3.05, 3.63) is 23.7 Å². The third-order valence-electron chi connectivity index (χ3n) is 4.15. The summed E-state index contributed by atoms with van der Waals surface area (Å²) >= 11 is 1.71. The quantitative estimate of drug-likeness (QED) is 0.928. The van der Waals surface area contributed by atoms with Crippen LogP contribution in [0.25, 0.3) is 10.2 Å². The SMILES string of the molecule is CN(C)[C@H]1CC[C@H](Nc2ccnc3sccc23)CC1. The van der Waals surface area contributed by atoms with E-state index in [1.54, 1.807) is 11.3 Å². The predicted octanol–water partition coefficient (Wildman–Crippen LogP) is 3.58. The van der Waals surface area contributed by atoms with Crippen molar-refractivity contribution < 1.29 is 0 Å². The smallest absolute Gasteiger partial charge is 0.125 e. The predicted molar refractivity (Wildman–Crippen MR) is 83.0 cm³/mol. The molecule has 102 valence electrons. The van der Waals surface area contributed by atoms with Gasteiger partial charge in [0.1, 0.15) is 4.83 Å². The van der Waals surface area contributed by atoms with Gasteiger partial charge in [-0.3, -0.25) is 0 Å². The van der Waals surface area contributed by atoms with Crippen LogP contribution in [0.1, 0.15) is 25.7 Å². The first-order chi connectivity index (χ1) is 9.24. The molecule has 1 aliphatic carbocycles. The molecule has 3 rings (SSSR count). The molecule has 19 heavy (non-hydrogen) atoms. The van der Waals surface area contributed by atoms with E-state index < -0.39 is 0 Å². The Balaban J connectivity index is 1.68. The Labute approximate surface area is 118 Å². The highest BCUT2D eigenvalue weighted by Crippen LogP contribution is 2.29. The molecule has 0 unspecified atom stereocenters. The minimum Gasteiger partial charge on any atom is -0.382 e. The second-order valence-electron chi connectivity index (χ2n) is 5.61. The summed E-state index contributed by atoms with van der Waals surface area (Å²) in [5, 5.41) is 7.10. The summed E-state index contributed by atoms with van der Waals surface area (Å²) < 4.78 is 0. The summed E-state index contributed by atoms with van der Waals surface area (Å²) in [5.74, 6) is 0. The van der Waals surface area contributed by atoms with Crippen LogP contribution in [0.15, 0.2) is 23.7 Å². The Hall–Kier alpha value is -1.13. The maximum atomic E-state index is 4.40. The fourth-order valence-electron chi connectivity index (χ4n) is 2.96. The van der Waals surface area contributed by atoms with Gasteiger partial charge in [-0.2, -0.15) is 0 Å². The average molecular weight is 275 g/mol. The van der Waals surface area contributed by atoms with Crippen LogP contribution in [0, 0.1) is 0 Å². The van der Waals surface area contributed by atoms with E-state index in [4.69, 9.17) is 0 Å². The van der Waals surface area contributed by atoms with E-state index in [1.165, 1.54) is 36.8 Å². The first kappa shape index (κ1) is 12.9. The monoisotopic (exact) mass is 275 g/mol. The molecule has 0 amide bonds. The van der Waals surface area contributed by atoms with Crippen molar-refractivity contribution in [1.82, 2.24) is 9.88 Å². The zero-order valence-electron chi connectivity index (χ0n) is 11.6. The average Bonchev–Trinajstić information content (AvgIpc) is 2.89. The number of pyridine rings is 1. The number of thiophene rings is 1. The van der Waals surface area contributed by atoms with Gasteiger partial charge in [-0.25, -0.2) is 4.98 Å². The molecule has 0 aromatic carbocycles. The number of nitrogens with one attached hydrogen (secondary N) is 1. The molecule has 2 aromatic rings. The highest BCUT2D eigenvalue weighted by atomic mass is 32.1. The molecule has 0 aliphatic heterocycles. The van der Waals surface area contributed by atoms with Crippen LogP contribution in [0.5, 0.6) is 0 Å². The highest BCUT2D eigenvalue weighted by molar-refractivity contribution is 7.16. The van der Waals surface area contributed by atoms with E-state index in [2.05, 4.69) is 46.8 Å². The number of rotatable bonds is 3. The number of anilines is 1. The number of hydrogen-bond acceptors (Lipinski definition) is 4. The van der Waals surface area contributed by atoms with Crippen LogP contribution in [-0.4, -0.2) is 36.1 Å². The van der Waals surface area contributed by atoms with Gasteiger partial charge >= 0.3 is 0 Å². The van der Waals surface area contributed by atoms with Crippen molar-refractivity contribution in [2.45, 2.75) is 37.8 Å². The summed E-state index contributed by atoms with van der Waals surface area (Å²) in [6.45, 7) is 0. The van der Waals surface area contributed by atoms with E-state index in [9.17, 15) is 0 Å². The molecule has 1 N–H and O–H groups in total. The molecular formula is C15H21N3S. The topological polar surface area (TPSA) is 28.2 Å². The number of fused-ring (bicyclic) bond motifs is 1. The second-order valence-corrected chi connectivity index (χ2v) is 6.51. The van der Waals surface area contributed by atoms with E-state index in [-0.39, 0.29) is 0 Å². The Morgan fingerprint density at radius 3 is 2.74 bits per heavy atom. The lowest BCUT2D eigenvalue weighted by Gasteiger charge is -2.33. The van der Waals surface area contributed by atoms with Crippen molar-refractivity contribution in [2.24, 2.45) is 0 Å². The highest BCUT2D eigenvalue weighted by Gasteiger charge is 2.22. The lowest BCUT2D eigenvalue weighted by Crippen LogP contribution is -2.36. The molecule has 3 nitrogen and oxygen atoms in total. The Kier molecular flexibility index (Phi) is 3.71. The van der Waals surface area contributed by atoms with Gasteiger partial charge in [0.2, 0.25) is 0 Å². The van der Waals surface area contributed by atoms with E-state index in [0.717, 1.165) is 10.9 Å². The van der Waals surface area contributed by atoms with Gasteiger partial charge in [-0.1, -0.05) is 0 Å². The Morgan fingerprint density at radius 2 is 2.00 bits per heavy atom. The standard InChI is InChI=1S/C15H21N3S/c1-18(2)12-5-3-11(4-6-12)17-14-7-9-16-15-13(14)8-10-19-15/h7-12H,3-6H2,1-2H3,(H,16,17)/t11-,12-. The van der Waals surface area contributed by atoms with Crippen LogP contribution >= 0.6 is 11.3 Å². The molecule has 2 aromatic heterocycles. The summed E-state index contributed by atoms with van der Waals surface area (Å²) in [4.78, 5) is 7.89. The zero-order chi connectivity index (χ0) is 13.2. The largest absolute Gasteiger partial charge is 0.382 e. The maximum Gasteiger partial charge on any atom is 0.125 e. The molecular weight excluding hydrogens is 254 g/mol. The summed E-state index contributed by atoms with van der Waals surface area (Å²) in [7, 11) is 4.38.